The average molecular weight is 645 g/mol. The third-order valence-electron chi connectivity index (χ3n) is 6.66. The van der Waals surface area contributed by atoms with Crippen molar-refractivity contribution in [3.8, 4) is 11.5 Å². The van der Waals surface area contributed by atoms with Crippen LogP contribution in [0.3, 0.4) is 0 Å². The lowest BCUT2D eigenvalue weighted by atomic mass is 10.1. The van der Waals surface area contributed by atoms with Crippen LogP contribution in [0.5, 0.6) is 11.5 Å². The van der Waals surface area contributed by atoms with E-state index in [0.717, 1.165) is 27.2 Å². The van der Waals surface area contributed by atoms with Gasteiger partial charge >= 0.3 is 0 Å². The van der Waals surface area contributed by atoms with Crippen LogP contribution >= 0.6 is 15.9 Å². The molecule has 1 aliphatic rings. The van der Waals surface area contributed by atoms with Crippen molar-refractivity contribution >= 4 is 43.5 Å². The van der Waals surface area contributed by atoms with E-state index in [-0.39, 0.29) is 23.0 Å². The molecule has 1 N–H and O–H groups in total. The molecule has 0 fully saturated rings. The summed E-state index contributed by atoms with van der Waals surface area (Å²) < 4.78 is 41.1. The van der Waals surface area contributed by atoms with Gasteiger partial charge in [0.2, 0.25) is 11.8 Å². The highest BCUT2D eigenvalue weighted by Gasteiger charge is 2.33. The number of anilines is 1. The topological polar surface area (TPSA) is 105 Å². The Morgan fingerprint density at radius 3 is 2.41 bits per heavy atom. The second-order valence-corrected chi connectivity index (χ2v) is 12.4. The fraction of sp³-hybridized carbons (Fsp3) is 0.333. The first-order valence-corrected chi connectivity index (χ1v) is 15.7. The lowest BCUT2D eigenvalue weighted by molar-refractivity contribution is -0.139. The summed E-state index contributed by atoms with van der Waals surface area (Å²) in [6.07, 6.45) is 1.72. The zero-order chi connectivity index (χ0) is 29.4. The number of rotatable bonds is 12. The Morgan fingerprint density at radius 1 is 0.976 bits per heavy atom. The molecule has 0 radical (unpaired) electrons. The third kappa shape index (κ3) is 7.59. The van der Waals surface area contributed by atoms with Gasteiger partial charge in [-0.3, -0.25) is 13.9 Å². The van der Waals surface area contributed by atoms with Crippen molar-refractivity contribution in [2.75, 3.05) is 30.6 Å². The number of hydrogen-bond acceptors (Lipinski definition) is 6. The number of carbonyl (C=O) groups is 2. The van der Waals surface area contributed by atoms with E-state index >= 15 is 0 Å². The predicted octanol–water partition coefficient (Wildman–Crippen LogP) is 4.75. The number of halogens is 1. The summed E-state index contributed by atoms with van der Waals surface area (Å²) in [6.45, 7) is 4.46. The van der Waals surface area contributed by atoms with Crippen LogP contribution in [-0.4, -0.2) is 57.5 Å². The largest absolute Gasteiger partial charge is 0.486 e. The van der Waals surface area contributed by atoms with Crippen LogP contribution in [-0.2, 0) is 26.2 Å². The van der Waals surface area contributed by atoms with Crippen molar-refractivity contribution in [3.05, 3.63) is 82.8 Å². The zero-order valence-electron chi connectivity index (χ0n) is 23.1. The molecular formula is C30H34BrN3O6S. The van der Waals surface area contributed by atoms with Gasteiger partial charge in [0.05, 0.1) is 10.6 Å². The van der Waals surface area contributed by atoms with Gasteiger partial charge in [0, 0.05) is 23.6 Å². The number of sulfonamides is 1. The van der Waals surface area contributed by atoms with Crippen molar-refractivity contribution in [1.29, 1.82) is 0 Å². The molecule has 0 aliphatic carbocycles. The van der Waals surface area contributed by atoms with Gasteiger partial charge in [-0.05, 0) is 55.3 Å². The second kappa shape index (κ2) is 13.9. The highest BCUT2D eigenvalue weighted by molar-refractivity contribution is 9.10. The number of nitrogens with zero attached hydrogens (tertiary/aromatic N) is 2. The molecule has 4 rings (SSSR count). The van der Waals surface area contributed by atoms with Crippen LogP contribution in [0, 0.1) is 0 Å². The molecule has 1 atom stereocenters. The van der Waals surface area contributed by atoms with Gasteiger partial charge in [-0.25, -0.2) is 8.42 Å². The molecule has 0 saturated heterocycles. The molecular weight excluding hydrogens is 610 g/mol. The normalized spacial score (nSPS) is 13.2. The van der Waals surface area contributed by atoms with Gasteiger partial charge < -0.3 is 19.7 Å². The summed E-state index contributed by atoms with van der Waals surface area (Å²) >= 11 is 3.46. The number of benzene rings is 3. The van der Waals surface area contributed by atoms with Crippen LogP contribution in [0.2, 0.25) is 0 Å². The van der Waals surface area contributed by atoms with Crippen molar-refractivity contribution in [1.82, 2.24) is 10.2 Å². The lowest BCUT2D eigenvalue weighted by Crippen LogP contribution is -2.51. The highest BCUT2D eigenvalue weighted by atomic mass is 79.9. The molecule has 2 amide bonds. The number of amides is 2. The minimum Gasteiger partial charge on any atom is -0.486 e. The molecule has 0 saturated carbocycles. The molecule has 3 aromatic rings. The van der Waals surface area contributed by atoms with Gasteiger partial charge in [0.25, 0.3) is 10.0 Å². The Kier molecular flexibility index (Phi) is 10.3. The maximum atomic E-state index is 14.0. The van der Waals surface area contributed by atoms with Gasteiger partial charge in [0.1, 0.15) is 25.8 Å². The maximum absolute atomic E-state index is 14.0. The molecule has 1 unspecified atom stereocenters. The summed E-state index contributed by atoms with van der Waals surface area (Å²) in [5.74, 6) is 0.0530. The molecule has 1 heterocycles. The first-order chi connectivity index (χ1) is 19.7. The maximum Gasteiger partial charge on any atom is 0.264 e. The molecule has 218 valence electrons. The highest BCUT2D eigenvalue weighted by Crippen LogP contribution is 2.36. The number of carbonyl (C=O) groups excluding carboxylic acids is 2. The van der Waals surface area contributed by atoms with E-state index in [1.54, 1.807) is 43.3 Å². The summed E-state index contributed by atoms with van der Waals surface area (Å²) in [5.41, 5.74) is 1.03. The van der Waals surface area contributed by atoms with Gasteiger partial charge in [0.15, 0.2) is 11.5 Å². The van der Waals surface area contributed by atoms with Gasteiger partial charge in [-0.2, -0.15) is 0 Å². The molecule has 1 aliphatic heterocycles. The minimum absolute atomic E-state index is 0.0339. The van der Waals surface area contributed by atoms with E-state index in [4.69, 9.17) is 9.47 Å². The lowest BCUT2D eigenvalue weighted by Gasteiger charge is -2.32. The Morgan fingerprint density at radius 2 is 1.71 bits per heavy atom. The number of fused-ring (bicyclic) bond motifs is 1. The third-order valence-corrected chi connectivity index (χ3v) is 8.94. The Hall–Kier alpha value is -3.57. The Bertz CT molecular complexity index is 1470. The molecule has 41 heavy (non-hydrogen) atoms. The monoisotopic (exact) mass is 643 g/mol. The van der Waals surface area contributed by atoms with E-state index in [1.807, 2.05) is 31.2 Å². The van der Waals surface area contributed by atoms with Crippen molar-refractivity contribution in [2.45, 2.75) is 44.2 Å². The van der Waals surface area contributed by atoms with Crippen LogP contribution in [0.25, 0.3) is 0 Å². The molecule has 3 aromatic carbocycles. The summed E-state index contributed by atoms with van der Waals surface area (Å²) in [7, 11) is -4.17. The van der Waals surface area contributed by atoms with Gasteiger partial charge in [-0.15, -0.1) is 0 Å². The van der Waals surface area contributed by atoms with E-state index in [2.05, 4.69) is 21.2 Å². The Labute approximate surface area is 249 Å². The predicted molar refractivity (Wildman–Crippen MR) is 160 cm³/mol. The van der Waals surface area contributed by atoms with Crippen molar-refractivity contribution in [2.24, 2.45) is 0 Å². The van der Waals surface area contributed by atoms with E-state index < -0.39 is 28.5 Å². The van der Waals surface area contributed by atoms with E-state index in [9.17, 15) is 18.0 Å². The fourth-order valence-electron chi connectivity index (χ4n) is 4.39. The number of unbranched alkanes of at least 4 members (excludes halogenated alkanes) is 1. The molecule has 0 aromatic heterocycles. The molecule has 9 nitrogen and oxygen atoms in total. The summed E-state index contributed by atoms with van der Waals surface area (Å²) in [5, 5.41) is 2.89. The molecule has 11 heteroatoms. The smallest absolute Gasteiger partial charge is 0.264 e. The van der Waals surface area contributed by atoms with Gasteiger partial charge in [-0.1, -0.05) is 59.6 Å². The van der Waals surface area contributed by atoms with Crippen LogP contribution in [0.4, 0.5) is 5.69 Å². The molecule has 0 spiro atoms. The first kappa shape index (κ1) is 30.4. The standard InChI is InChI=1S/C30H34BrN3O6S/c1-3-4-15-32-30(36)22(2)33(20-23-9-8-10-24(31)18-23)29(35)21-34(41(37,38)26-11-6-5-7-12-26)25-13-14-27-28(19-25)40-17-16-39-27/h5-14,18-19,22H,3-4,15-17,20-21H2,1-2H3,(H,32,36). The summed E-state index contributed by atoms with van der Waals surface area (Å²) in [4.78, 5) is 28.6. The van der Waals surface area contributed by atoms with Crippen LogP contribution in [0.15, 0.2) is 82.2 Å². The zero-order valence-corrected chi connectivity index (χ0v) is 25.5. The van der Waals surface area contributed by atoms with Crippen molar-refractivity contribution in [3.63, 3.8) is 0 Å². The second-order valence-electron chi connectivity index (χ2n) is 9.62. The average Bonchev–Trinajstić information content (AvgIpc) is 2.98. The van der Waals surface area contributed by atoms with E-state index in [0.29, 0.717) is 31.3 Å². The SMILES string of the molecule is CCCCNC(=O)C(C)N(Cc1cccc(Br)c1)C(=O)CN(c1ccc2c(c1)OCCO2)S(=O)(=O)c1ccccc1. The molecule has 0 bridgehead atoms. The van der Waals surface area contributed by atoms with E-state index in [1.165, 1.54) is 17.0 Å². The van der Waals surface area contributed by atoms with Crippen LogP contribution in [0.1, 0.15) is 32.3 Å². The summed E-state index contributed by atoms with van der Waals surface area (Å²) in [6, 6.07) is 19.3. The van der Waals surface area contributed by atoms with Crippen molar-refractivity contribution < 1.29 is 27.5 Å². The number of ether oxygens (including phenoxy) is 2. The fourth-order valence-corrected chi connectivity index (χ4v) is 6.26. The number of hydrogen-bond donors (Lipinski definition) is 1. The first-order valence-electron chi connectivity index (χ1n) is 13.5. The minimum atomic E-state index is -4.17. The number of nitrogens with one attached hydrogen (secondary N) is 1. The quantitative estimate of drug-likeness (QED) is 0.286. The Balaban J connectivity index is 1.71. The van der Waals surface area contributed by atoms with Crippen LogP contribution < -0.4 is 19.1 Å².